The van der Waals surface area contributed by atoms with Crippen LogP contribution in [0.3, 0.4) is 0 Å². The molecule has 0 saturated heterocycles. The fourth-order valence-corrected chi connectivity index (χ4v) is 2.87. The lowest BCUT2D eigenvalue weighted by Gasteiger charge is -2.26. The largest absolute Gasteiger partial charge is 0.493 e. The van der Waals surface area contributed by atoms with Crippen LogP contribution in [-0.2, 0) is 9.53 Å². The van der Waals surface area contributed by atoms with Gasteiger partial charge in [0.05, 0.1) is 6.61 Å². The monoisotopic (exact) mass is 343 g/mol. The van der Waals surface area contributed by atoms with E-state index in [1.807, 2.05) is 50.2 Å². The van der Waals surface area contributed by atoms with Crippen LogP contribution in [0.25, 0.3) is 10.8 Å². The van der Waals surface area contributed by atoms with E-state index in [0.717, 1.165) is 41.5 Å². The first-order valence-corrected chi connectivity index (χ1v) is 9.07. The Labute approximate surface area is 150 Å². The fourth-order valence-electron chi connectivity index (χ4n) is 2.87. The highest BCUT2D eigenvalue weighted by Gasteiger charge is 2.32. The standard InChI is InChI=1S/C21H29NO3/c1-5-7-15-25-19-13-12-18(16-10-8-9-11-17(16)19)22-20(23)21(3,24-4)14-6-2/h8-13H,5-7,14-15H2,1-4H3,(H,22,23)/t21-/m0/s1. The Morgan fingerprint density at radius 2 is 1.80 bits per heavy atom. The Morgan fingerprint density at radius 3 is 2.44 bits per heavy atom. The highest BCUT2D eigenvalue weighted by Crippen LogP contribution is 2.32. The predicted octanol–water partition coefficient (Wildman–Crippen LogP) is 5.16. The lowest BCUT2D eigenvalue weighted by molar-refractivity contribution is -0.136. The highest BCUT2D eigenvalue weighted by molar-refractivity contribution is 6.06. The summed E-state index contributed by atoms with van der Waals surface area (Å²) in [5, 5.41) is 5.01. The molecule has 0 aliphatic rings. The molecule has 1 N–H and O–H groups in total. The van der Waals surface area contributed by atoms with Gasteiger partial charge in [-0.05, 0) is 31.9 Å². The maximum atomic E-state index is 12.7. The van der Waals surface area contributed by atoms with Crippen molar-refractivity contribution in [3.63, 3.8) is 0 Å². The molecule has 1 atom stereocenters. The lowest BCUT2D eigenvalue weighted by Crippen LogP contribution is -2.41. The fraction of sp³-hybridized carbons (Fsp3) is 0.476. The topological polar surface area (TPSA) is 47.6 Å². The Morgan fingerprint density at radius 1 is 1.08 bits per heavy atom. The molecule has 0 heterocycles. The van der Waals surface area contributed by atoms with Gasteiger partial charge < -0.3 is 14.8 Å². The van der Waals surface area contributed by atoms with Gasteiger partial charge >= 0.3 is 0 Å². The van der Waals surface area contributed by atoms with E-state index in [4.69, 9.17) is 9.47 Å². The van der Waals surface area contributed by atoms with Crippen LogP contribution < -0.4 is 10.1 Å². The number of carbonyl (C=O) groups excluding carboxylic acids is 1. The normalized spacial score (nSPS) is 13.4. The van der Waals surface area contributed by atoms with Gasteiger partial charge in [-0.2, -0.15) is 0 Å². The molecule has 1 amide bonds. The summed E-state index contributed by atoms with van der Waals surface area (Å²) >= 11 is 0. The molecule has 2 rings (SSSR count). The molecular weight excluding hydrogens is 314 g/mol. The second kappa shape index (κ2) is 8.86. The average Bonchev–Trinajstić information content (AvgIpc) is 2.63. The smallest absolute Gasteiger partial charge is 0.256 e. The number of fused-ring (bicyclic) bond motifs is 1. The van der Waals surface area contributed by atoms with E-state index in [1.54, 1.807) is 7.11 Å². The number of rotatable bonds is 9. The molecule has 2 aromatic rings. The Balaban J connectivity index is 2.30. The van der Waals surface area contributed by atoms with E-state index in [1.165, 1.54) is 0 Å². The third-order valence-electron chi connectivity index (χ3n) is 4.55. The van der Waals surface area contributed by atoms with E-state index < -0.39 is 5.60 Å². The third-order valence-corrected chi connectivity index (χ3v) is 4.55. The van der Waals surface area contributed by atoms with Crippen LogP contribution in [0.15, 0.2) is 36.4 Å². The zero-order chi connectivity index (χ0) is 18.3. The van der Waals surface area contributed by atoms with Gasteiger partial charge in [-0.15, -0.1) is 0 Å². The number of nitrogens with one attached hydrogen (secondary N) is 1. The summed E-state index contributed by atoms with van der Waals surface area (Å²) in [6.07, 6.45) is 3.67. The molecule has 0 fully saturated rings. The number of amides is 1. The molecule has 0 saturated carbocycles. The summed E-state index contributed by atoms with van der Waals surface area (Å²) in [7, 11) is 1.58. The minimum Gasteiger partial charge on any atom is -0.493 e. The van der Waals surface area contributed by atoms with Gasteiger partial charge in [0.15, 0.2) is 0 Å². The van der Waals surface area contributed by atoms with E-state index in [2.05, 4.69) is 12.2 Å². The maximum absolute atomic E-state index is 12.7. The molecule has 0 spiro atoms. The van der Waals surface area contributed by atoms with Crippen LogP contribution in [-0.4, -0.2) is 25.2 Å². The van der Waals surface area contributed by atoms with Crippen LogP contribution in [0.2, 0.25) is 0 Å². The molecule has 0 radical (unpaired) electrons. The molecule has 4 nitrogen and oxygen atoms in total. The minimum absolute atomic E-state index is 0.123. The number of benzene rings is 2. The first kappa shape index (κ1) is 19.3. The summed E-state index contributed by atoms with van der Waals surface area (Å²) in [5.41, 5.74) is -0.0468. The first-order valence-electron chi connectivity index (χ1n) is 9.07. The van der Waals surface area contributed by atoms with Gasteiger partial charge in [0.25, 0.3) is 5.91 Å². The number of ether oxygens (including phenoxy) is 2. The van der Waals surface area contributed by atoms with Crippen molar-refractivity contribution in [2.75, 3.05) is 19.0 Å². The van der Waals surface area contributed by atoms with Crippen molar-refractivity contribution in [3.8, 4) is 5.75 Å². The van der Waals surface area contributed by atoms with Crippen molar-refractivity contribution in [2.24, 2.45) is 0 Å². The van der Waals surface area contributed by atoms with Crippen molar-refractivity contribution >= 4 is 22.4 Å². The summed E-state index contributed by atoms with van der Waals surface area (Å²) in [5.74, 6) is 0.728. The molecule has 4 heteroatoms. The van der Waals surface area contributed by atoms with Gasteiger partial charge in [-0.25, -0.2) is 0 Å². The molecule has 0 unspecified atom stereocenters. The quantitative estimate of drug-likeness (QED) is 0.640. The summed E-state index contributed by atoms with van der Waals surface area (Å²) < 4.78 is 11.4. The highest BCUT2D eigenvalue weighted by atomic mass is 16.5. The third kappa shape index (κ3) is 4.51. The number of hydrogen-bond donors (Lipinski definition) is 1. The maximum Gasteiger partial charge on any atom is 0.256 e. The van der Waals surface area contributed by atoms with Crippen molar-refractivity contribution in [2.45, 2.75) is 52.1 Å². The van der Waals surface area contributed by atoms with E-state index >= 15 is 0 Å². The van der Waals surface area contributed by atoms with Gasteiger partial charge in [0.2, 0.25) is 0 Å². The van der Waals surface area contributed by atoms with Crippen molar-refractivity contribution in [1.29, 1.82) is 0 Å². The number of methoxy groups -OCH3 is 1. The lowest BCUT2D eigenvalue weighted by atomic mass is 9.98. The molecular formula is C21H29NO3. The summed E-state index contributed by atoms with van der Waals surface area (Å²) in [6, 6.07) is 11.8. The van der Waals surface area contributed by atoms with E-state index in [-0.39, 0.29) is 5.91 Å². The molecule has 0 aromatic heterocycles. The van der Waals surface area contributed by atoms with Crippen LogP contribution in [0.1, 0.15) is 46.5 Å². The van der Waals surface area contributed by atoms with Crippen molar-refractivity contribution in [1.82, 2.24) is 0 Å². The number of carbonyl (C=O) groups is 1. The van der Waals surface area contributed by atoms with Gasteiger partial charge in [0.1, 0.15) is 11.4 Å². The second-order valence-corrected chi connectivity index (χ2v) is 6.50. The SMILES string of the molecule is CCCCOc1ccc(NC(=O)[C@](C)(CCC)OC)c2ccccc12. The summed E-state index contributed by atoms with van der Waals surface area (Å²) in [4.78, 5) is 12.7. The summed E-state index contributed by atoms with van der Waals surface area (Å²) in [6.45, 7) is 6.71. The van der Waals surface area contributed by atoms with Crippen molar-refractivity contribution < 1.29 is 14.3 Å². The minimum atomic E-state index is -0.827. The molecule has 0 aliphatic carbocycles. The zero-order valence-corrected chi connectivity index (χ0v) is 15.7. The van der Waals surface area contributed by atoms with Crippen LogP contribution in [0.4, 0.5) is 5.69 Å². The average molecular weight is 343 g/mol. The van der Waals surface area contributed by atoms with E-state index in [0.29, 0.717) is 13.0 Å². The Kier molecular flexibility index (Phi) is 6.82. The second-order valence-electron chi connectivity index (χ2n) is 6.50. The van der Waals surface area contributed by atoms with Crippen LogP contribution in [0.5, 0.6) is 5.75 Å². The Bertz CT molecular complexity index is 713. The van der Waals surface area contributed by atoms with Crippen molar-refractivity contribution in [3.05, 3.63) is 36.4 Å². The molecule has 25 heavy (non-hydrogen) atoms. The number of unbranched alkanes of at least 4 members (excludes halogenated alkanes) is 1. The zero-order valence-electron chi connectivity index (χ0n) is 15.7. The Hall–Kier alpha value is -2.07. The first-order chi connectivity index (χ1) is 12.1. The molecule has 136 valence electrons. The number of anilines is 1. The van der Waals surface area contributed by atoms with Gasteiger partial charge in [0, 0.05) is 23.6 Å². The van der Waals surface area contributed by atoms with E-state index in [9.17, 15) is 4.79 Å². The van der Waals surface area contributed by atoms with Crippen LogP contribution in [0, 0.1) is 0 Å². The molecule has 2 aromatic carbocycles. The molecule has 0 bridgehead atoms. The molecule has 0 aliphatic heterocycles. The number of hydrogen-bond acceptors (Lipinski definition) is 3. The predicted molar refractivity (Wildman–Crippen MR) is 103 cm³/mol. The van der Waals surface area contributed by atoms with Gasteiger partial charge in [-0.1, -0.05) is 51.0 Å². The van der Waals surface area contributed by atoms with Gasteiger partial charge in [-0.3, -0.25) is 4.79 Å². The van der Waals surface area contributed by atoms with Crippen LogP contribution >= 0.6 is 0 Å².